The summed E-state index contributed by atoms with van der Waals surface area (Å²) in [5.41, 5.74) is 0.887. The third kappa shape index (κ3) is 7.06. The summed E-state index contributed by atoms with van der Waals surface area (Å²) in [5.74, 6) is -1.61. The normalized spacial score (nSPS) is 24.1. The highest BCUT2D eigenvalue weighted by atomic mass is 32.2. The molecule has 182 valence electrons. The fourth-order valence-electron chi connectivity index (χ4n) is 3.59. The fraction of sp³-hybridized carbons (Fsp3) is 0.400. The standard InChI is InChI=1S/C25H28O8S/c1-17(26)30-16-25(34-21-12-8-5-9-13-21)24(33-19(3)28)23(22(15-31-25)32-18(2)27)29-14-20-10-6-4-7-11-20/h4-13,22-24H,14-16H2,1-3H3/t22-,23-,24+,25+/m1/s1. The molecule has 9 heteroatoms. The van der Waals surface area contributed by atoms with E-state index in [1.165, 1.54) is 32.5 Å². The van der Waals surface area contributed by atoms with Crippen LogP contribution in [0.3, 0.4) is 0 Å². The van der Waals surface area contributed by atoms with Crippen molar-refractivity contribution in [3.8, 4) is 0 Å². The van der Waals surface area contributed by atoms with Gasteiger partial charge in [0, 0.05) is 25.7 Å². The molecule has 1 aliphatic rings. The third-order valence-corrected chi connectivity index (χ3v) is 6.32. The minimum atomic E-state index is -1.34. The van der Waals surface area contributed by atoms with Crippen LogP contribution in [0.2, 0.25) is 0 Å². The minimum Gasteiger partial charge on any atom is -0.462 e. The summed E-state index contributed by atoms with van der Waals surface area (Å²) < 4.78 is 29.0. The number of rotatable bonds is 9. The molecule has 0 saturated carbocycles. The number of hydrogen-bond acceptors (Lipinski definition) is 9. The van der Waals surface area contributed by atoms with Gasteiger partial charge in [-0.3, -0.25) is 14.4 Å². The van der Waals surface area contributed by atoms with Crippen molar-refractivity contribution in [3.05, 3.63) is 66.2 Å². The molecule has 0 bridgehead atoms. The van der Waals surface area contributed by atoms with Crippen LogP contribution in [0.25, 0.3) is 0 Å². The molecule has 1 fully saturated rings. The lowest BCUT2D eigenvalue weighted by molar-refractivity contribution is -0.244. The Morgan fingerprint density at radius 3 is 2.12 bits per heavy atom. The molecule has 0 amide bonds. The van der Waals surface area contributed by atoms with Gasteiger partial charge in [-0.05, 0) is 17.7 Å². The van der Waals surface area contributed by atoms with E-state index >= 15 is 0 Å². The third-order valence-electron chi connectivity index (χ3n) is 5.00. The fourth-order valence-corrected chi connectivity index (χ4v) is 4.82. The maximum Gasteiger partial charge on any atom is 0.303 e. The Morgan fingerprint density at radius 1 is 0.912 bits per heavy atom. The zero-order valence-corrected chi connectivity index (χ0v) is 20.1. The van der Waals surface area contributed by atoms with Gasteiger partial charge in [0.1, 0.15) is 12.7 Å². The van der Waals surface area contributed by atoms with Crippen LogP contribution in [-0.4, -0.2) is 54.4 Å². The van der Waals surface area contributed by atoms with Gasteiger partial charge in [-0.25, -0.2) is 0 Å². The van der Waals surface area contributed by atoms with Crippen LogP contribution >= 0.6 is 11.8 Å². The number of benzene rings is 2. The van der Waals surface area contributed by atoms with Crippen LogP contribution in [0, 0.1) is 0 Å². The summed E-state index contributed by atoms with van der Waals surface area (Å²) in [7, 11) is 0. The number of ether oxygens (including phenoxy) is 5. The topological polar surface area (TPSA) is 97.4 Å². The molecule has 0 radical (unpaired) electrons. The van der Waals surface area contributed by atoms with Gasteiger partial charge < -0.3 is 23.7 Å². The monoisotopic (exact) mass is 488 g/mol. The maximum atomic E-state index is 12.2. The highest BCUT2D eigenvalue weighted by Crippen LogP contribution is 2.44. The van der Waals surface area contributed by atoms with Gasteiger partial charge in [-0.2, -0.15) is 0 Å². The second kappa shape index (κ2) is 12.0. The van der Waals surface area contributed by atoms with E-state index in [4.69, 9.17) is 23.7 Å². The maximum absolute atomic E-state index is 12.2. The number of hydrogen-bond donors (Lipinski definition) is 0. The second-order valence-corrected chi connectivity index (χ2v) is 9.12. The first kappa shape index (κ1) is 25.7. The van der Waals surface area contributed by atoms with Crippen LogP contribution < -0.4 is 0 Å². The van der Waals surface area contributed by atoms with Crippen LogP contribution in [0.4, 0.5) is 0 Å². The number of carbonyl (C=O) groups is 3. The predicted octanol–water partition coefficient (Wildman–Crippen LogP) is 3.52. The van der Waals surface area contributed by atoms with Crippen molar-refractivity contribution in [2.75, 3.05) is 13.2 Å². The van der Waals surface area contributed by atoms with Crippen molar-refractivity contribution in [3.63, 3.8) is 0 Å². The molecule has 0 N–H and O–H groups in total. The van der Waals surface area contributed by atoms with E-state index < -0.39 is 41.2 Å². The van der Waals surface area contributed by atoms with Crippen molar-refractivity contribution in [1.82, 2.24) is 0 Å². The number of thioether (sulfide) groups is 1. The quantitative estimate of drug-likeness (QED) is 0.388. The van der Waals surface area contributed by atoms with E-state index in [0.717, 1.165) is 10.5 Å². The first-order valence-electron chi connectivity index (χ1n) is 10.8. The average molecular weight is 489 g/mol. The molecule has 0 aliphatic carbocycles. The first-order valence-corrected chi connectivity index (χ1v) is 11.6. The van der Waals surface area contributed by atoms with Crippen LogP contribution in [-0.2, 0) is 44.7 Å². The van der Waals surface area contributed by atoms with Crippen molar-refractivity contribution in [2.24, 2.45) is 0 Å². The van der Waals surface area contributed by atoms with Crippen LogP contribution in [0.1, 0.15) is 26.3 Å². The van der Waals surface area contributed by atoms with Gasteiger partial charge in [0.05, 0.1) is 13.2 Å². The van der Waals surface area contributed by atoms with Gasteiger partial charge in [0.25, 0.3) is 0 Å². The Morgan fingerprint density at radius 2 is 1.53 bits per heavy atom. The lowest BCUT2D eigenvalue weighted by Crippen LogP contribution is -2.64. The van der Waals surface area contributed by atoms with E-state index in [9.17, 15) is 14.4 Å². The van der Waals surface area contributed by atoms with Gasteiger partial charge in [-0.1, -0.05) is 60.3 Å². The molecular weight excluding hydrogens is 460 g/mol. The second-order valence-electron chi connectivity index (χ2n) is 7.76. The zero-order chi connectivity index (χ0) is 24.6. The van der Waals surface area contributed by atoms with E-state index in [1.807, 2.05) is 60.7 Å². The van der Waals surface area contributed by atoms with Gasteiger partial charge in [-0.15, -0.1) is 0 Å². The average Bonchev–Trinajstić information content (AvgIpc) is 2.80. The molecule has 34 heavy (non-hydrogen) atoms. The first-order chi connectivity index (χ1) is 16.3. The molecule has 2 aromatic carbocycles. The number of esters is 3. The van der Waals surface area contributed by atoms with E-state index in [2.05, 4.69) is 0 Å². The van der Waals surface area contributed by atoms with Crippen molar-refractivity contribution in [1.29, 1.82) is 0 Å². The van der Waals surface area contributed by atoms with Crippen molar-refractivity contribution in [2.45, 2.75) is 55.5 Å². The summed E-state index contributed by atoms with van der Waals surface area (Å²) in [6.45, 7) is 3.77. The Labute approximate surface area is 202 Å². The molecule has 3 rings (SSSR count). The van der Waals surface area contributed by atoms with E-state index in [-0.39, 0.29) is 19.8 Å². The Hall–Kier alpha value is -2.88. The molecule has 8 nitrogen and oxygen atoms in total. The summed E-state index contributed by atoms with van der Waals surface area (Å²) >= 11 is 1.25. The highest BCUT2D eigenvalue weighted by Gasteiger charge is 2.56. The summed E-state index contributed by atoms with van der Waals surface area (Å²) in [4.78, 5) is 35.2. The molecule has 0 aromatic heterocycles. The van der Waals surface area contributed by atoms with Gasteiger partial charge in [0.2, 0.25) is 0 Å². The van der Waals surface area contributed by atoms with E-state index in [1.54, 1.807) is 0 Å². The van der Waals surface area contributed by atoms with Gasteiger partial charge in [0.15, 0.2) is 17.1 Å². The SMILES string of the molecule is CC(=O)OC[C@@]1(Sc2ccccc2)OC[C@@H](OC(C)=O)[C@@H](OCc2ccccc2)[C@@H]1OC(C)=O. The molecule has 1 aliphatic heterocycles. The lowest BCUT2D eigenvalue weighted by atomic mass is 9.98. The molecule has 0 spiro atoms. The Balaban J connectivity index is 2.00. The molecule has 1 heterocycles. The van der Waals surface area contributed by atoms with Crippen molar-refractivity contribution >= 4 is 29.7 Å². The summed E-state index contributed by atoms with van der Waals surface area (Å²) in [5, 5.41) is 0. The van der Waals surface area contributed by atoms with Gasteiger partial charge >= 0.3 is 17.9 Å². The Kier molecular flexibility index (Phi) is 9.09. The number of carbonyl (C=O) groups excluding carboxylic acids is 3. The van der Waals surface area contributed by atoms with E-state index in [0.29, 0.717) is 0 Å². The highest BCUT2D eigenvalue weighted by molar-refractivity contribution is 8.00. The summed E-state index contributed by atoms with van der Waals surface area (Å²) in [6, 6.07) is 18.8. The van der Waals surface area contributed by atoms with Crippen LogP contribution in [0.5, 0.6) is 0 Å². The van der Waals surface area contributed by atoms with Crippen molar-refractivity contribution < 1.29 is 38.1 Å². The molecule has 2 aromatic rings. The largest absolute Gasteiger partial charge is 0.462 e. The zero-order valence-electron chi connectivity index (χ0n) is 19.3. The summed E-state index contributed by atoms with van der Waals surface area (Å²) in [6.07, 6.45) is -2.78. The van der Waals surface area contributed by atoms with Crippen LogP contribution in [0.15, 0.2) is 65.6 Å². The predicted molar refractivity (Wildman–Crippen MR) is 124 cm³/mol. The lowest BCUT2D eigenvalue weighted by Gasteiger charge is -2.47. The Bertz CT molecular complexity index is 967. The molecule has 1 saturated heterocycles. The molecule has 4 atom stereocenters. The smallest absolute Gasteiger partial charge is 0.303 e. The molecule has 0 unspecified atom stereocenters. The molecular formula is C25H28O8S. The minimum absolute atomic E-state index is 0.0438.